The van der Waals surface area contributed by atoms with Gasteiger partial charge in [0.2, 0.25) is 0 Å². The lowest BCUT2D eigenvalue weighted by molar-refractivity contribution is 0.794. The minimum atomic E-state index is -0.466. The standard InChI is InChI=1S/C51H30N2S/c1-2-14-31(15-3-1)33-17-12-18-34(30-33)48-47-38-22-8-11-27-44(38)54-50(47)53-49(52-48)39-23-13-26-42-46(39)37-21-7-10-25-41(37)51(42)40-24-9-6-20-36(40)45-35-19-5-4-16-32(35)28-29-43(45)51/h1-30H. The minimum absolute atomic E-state index is 0.466. The molecule has 1 atom stereocenters. The van der Waals surface area contributed by atoms with Crippen LogP contribution in [0.1, 0.15) is 22.3 Å². The summed E-state index contributed by atoms with van der Waals surface area (Å²) < 4.78 is 1.22. The molecule has 2 nitrogen and oxygen atoms in total. The molecule has 2 aliphatic carbocycles. The fourth-order valence-corrected chi connectivity index (χ4v) is 10.6. The second-order valence-corrected chi connectivity index (χ2v) is 15.4. The van der Waals surface area contributed by atoms with Crippen LogP contribution in [0, 0.1) is 0 Å². The molecule has 0 radical (unpaired) electrons. The lowest BCUT2D eigenvalue weighted by Crippen LogP contribution is -2.25. The molecule has 0 aliphatic heterocycles. The maximum atomic E-state index is 5.59. The number of rotatable bonds is 3. The van der Waals surface area contributed by atoms with E-state index in [2.05, 4.69) is 182 Å². The van der Waals surface area contributed by atoms with Gasteiger partial charge in [0.25, 0.3) is 0 Å². The molecule has 0 saturated carbocycles. The van der Waals surface area contributed by atoms with Crippen LogP contribution in [-0.4, -0.2) is 9.97 Å². The molecule has 2 aromatic heterocycles. The van der Waals surface area contributed by atoms with Crippen molar-refractivity contribution in [3.8, 4) is 56.0 Å². The zero-order valence-electron chi connectivity index (χ0n) is 29.1. The Kier molecular flexibility index (Phi) is 6.17. The van der Waals surface area contributed by atoms with E-state index in [1.54, 1.807) is 11.3 Å². The highest BCUT2D eigenvalue weighted by Gasteiger charge is 2.52. The van der Waals surface area contributed by atoms with Gasteiger partial charge in [-0.05, 0) is 78.5 Å². The van der Waals surface area contributed by atoms with E-state index in [9.17, 15) is 0 Å². The van der Waals surface area contributed by atoms with E-state index in [-0.39, 0.29) is 0 Å². The van der Waals surface area contributed by atoms with Crippen LogP contribution in [0.4, 0.5) is 0 Å². The Bertz CT molecular complexity index is 3180. The summed E-state index contributed by atoms with van der Waals surface area (Å²) in [5, 5.41) is 4.86. The van der Waals surface area contributed by atoms with Crippen molar-refractivity contribution in [3.63, 3.8) is 0 Å². The number of aromatic nitrogens is 2. The largest absolute Gasteiger partial charge is 0.227 e. The van der Waals surface area contributed by atoms with Gasteiger partial charge in [-0.1, -0.05) is 170 Å². The molecule has 2 heterocycles. The van der Waals surface area contributed by atoms with Gasteiger partial charge >= 0.3 is 0 Å². The molecule has 1 unspecified atom stereocenters. The van der Waals surface area contributed by atoms with E-state index in [1.165, 1.54) is 76.5 Å². The number of thiophene rings is 1. The molecule has 8 aromatic carbocycles. The number of hydrogen-bond acceptors (Lipinski definition) is 3. The number of benzene rings is 8. The maximum absolute atomic E-state index is 5.59. The molecule has 3 heteroatoms. The van der Waals surface area contributed by atoms with Crippen molar-refractivity contribution in [1.29, 1.82) is 0 Å². The van der Waals surface area contributed by atoms with Gasteiger partial charge in [0.1, 0.15) is 4.83 Å². The first kappa shape index (κ1) is 29.9. The topological polar surface area (TPSA) is 25.8 Å². The second kappa shape index (κ2) is 11.2. The van der Waals surface area contributed by atoms with Gasteiger partial charge < -0.3 is 0 Å². The Balaban J connectivity index is 1.16. The predicted molar refractivity (Wildman–Crippen MR) is 225 cm³/mol. The fourth-order valence-electron chi connectivity index (χ4n) is 9.57. The SMILES string of the molecule is c1ccc(-c2cccc(-c3nc(-c4cccc5c4-c4ccccc4C54c5ccccc5-c5c4ccc4ccccc54)nc4sc5ccccc5c34)c2)cc1. The third-order valence-corrected chi connectivity index (χ3v) is 12.8. The van der Waals surface area contributed by atoms with Crippen molar-refractivity contribution in [1.82, 2.24) is 9.97 Å². The van der Waals surface area contributed by atoms with Gasteiger partial charge in [-0.2, -0.15) is 0 Å². The van der Waals surface area contributed by atoms with Crippen molar-refractivity contribution in [2.75, 3.05) is 0 Å². The maximum Gasteiger partial charge on any atom is 0.162 e. The Morgan fingerprint density at radius 1 is 0.407 bits per heavy atom. The smallest absolute Gasteiger partial charge is 0.162 e. The normalized spacial score (nSPS) is 15.1. The molecule has 0 saturated heterocycles. The van der Waals surface area contributed by atoms with E-state index < -0.39 is 5.41 Å². The van der Waals surface area contributed by atoms with E-state index in [0.29, 0.717) is 0 Å². The van der Waals surface area contributed by atoms with Crippen LogP contribution in [0.15, 0.2) is 182 Å². The molecule has 54 heavy (non-hydrogen) atoms. The van der Waals surface area contributed by atoms with Crippen molar-refractivity contribution in [2.45, 2.75) is 5.41 Å². The molecule has 0 bridgehead atoms. The van der Waals surface area contributed by atoms with Gasteiger partial charge in [0, 0.05) is 26.6 Å². The van der Waals surface area contributed by atoms with Crippen LogP contribution in [0.5, 0.6) is 0 Å². The van der Waals surface area contributed by atoms with E-state index in [4.69, 9.17) is 9.97 Å². The Morgan fingerprint density at radius 3 is 1.87 bits per heavy atom. The lowest BCUT2D eigenvalue weighted by Gasteiger charge is -2.30. The number of nitrogens with zero attached hydrogens (tertiary/aromatic N) is 2. The summed E-state index contributed by atoms with van der Waals surface area (Å²) >= 11 is 1.75. The van der Waals surface area contributed by atoms with E-state index in [0.717, 1.165) is 32.9 Å². The Morgan fingerprint density at radius 2 is 1.02 bits per heavy atom. The van der Waals surface area contributed by atoms with Crippen molar-refractivity contribution >= 4 is 42.4 Å². The molecule has 1 spiro atoms. The number of fused-ring (bicyclic) bond motifs is 15. The van der Waals surface area contributed by atoms with Crippen molar-refractivity contribution in [3.05, 3.63) is 204 Å². The summed E-state index contributed by atoms with van der Waals surface area (Å²) in [4.78, 5) is 12.0. The third kappa shape index (κ3) is 3.94. The monoisotopic (exact) mass is 702 g/mol. The summed E-state index contributed by atoms with van der Waals surface area (Å²) in [7, 11) is 0. The average molecular weight is 703 g/mol. The average Bonchev–Trinajstić information content (AvgIpc) is 3.88. The van der Waals surface area contributed by atoms with Crippen LogP contribution in [-0.2, 0) is 5.41 Å². The van der Waals surface area contributed by atoms with Gasteiger partial charge in [0.05, 0.1) is 11.1 Å². The van der Waals surface area contributed by atoms with Gasteiger partial charge in [-0.15, -0.1) is 11.3 Å². The minimum Gasteiger partial charge on any atom is -0.227 e. The van der Waals surface area contributed by atoms with Crippen LogP contribution in [0.25, 0.3) is 87.1 Å². The third-order valence-electron chi connectivity index (χ3n) is 11.7. The molecular weight excluding hydrogens is 673 g/mol. The summed E-state index contributed by atoms with van der Waals surface area (Å²) in [5.41, 5.74) is 15.4. The molecule has 0 amide bonds. The summed E-state index contributed by atoms with van der Waals surface area (Å²) in [6.45, 7) is 0. The number of hydrogen-bond donors (Lipinski definition) is 0. The summed E-state index contributed by atoms with van der Waals surface area (Å²) in [6.07, 6.45) is 0. The Labute approximate surface area is 316 Å². The molecule has 0 fully saturated rings. The highest BCUT2D eigenvalue weighted by atomic mass is 32.1. The van der Waals surface area contributed by atoms with Crippen LogP contribution in [0.2, 0.25) is 0 Å². The summed E-state index contributed by atoms with van der Waals surface area (Å²) in [6, 6.07) is 66.4. The molecule has 0 N–H and O–H groups in total. The highest BCUT2D eigenvalue weighted by Crippen LogP contribution is 2.64. The first-order chi connectivity index (χ1) is 26.8. The van der Waals surface area contributed by atoms with Gasteiger partial charge in [-0.3, -0.25) is 0 Å². The molecule has 10 aromatic rings. The molecule has 2 aliphatic rings. The van der Waals surface area contributed by atoms with Gasteiger partial charge in [-0.25, -0.2) is 9.97 Å². The van der Waals surface area contributed by atoms with E-state index in [1.807, 2.05) is 0 Å². The van der Waals surface area contributed by atoms with Crippen molar-refractivity contribution in [2.24, 2.45) is 0 Å². The lowest BCUT2D eigenvalue weighted by atomic mass is 9.70. The zero-order chi connectivity index (χ0) is 35.4. The van der Waals surface area contributed by atoms with Crippen LogP contribution < -0.4 is 0 Å². The second-order valence-electron chi connectivity index (χ2n) is 14.4. The van der Waals surface area contributed by atoms with Crippen LogP contribution >= 0.6 is 11.3 Å². The molecule has 12 rings (SSSR count). The molecular formula is C51H30N2S. The fraction of sp³-hybridized carbons (Fsp3) is 0.0196. The molecule has 250 valence electrons. The van der Waals surface area contributed by atoms with Crippen LogP contribution in [0.3, 0.4) is 0 Å². The predicted octanol–water partition coefficient (Wildman–Crippen LogP) is 13.3. The van der Waals surface area contributed by atoms with E-state index >= 15 is 0 Å². The first-order valence-electron chi connectivity index (χ1n) is 18.5. The Hall–Kier alpha value is -6.68. The highest BCUT2D eigenvalue weighted by molar-refractivity contribution is 7.25. The summed E-state index contributed by atoms with van der Waals surface area (Å²) in [5.74, 6) is 0.753. The zero-order valence-corrected chi connectivity index (χ0v) is 29.9. The quantitative estimate of drug-likeness (QED) is 0.183. The van der Waals surface area contributed by atoms with Crippen molar-refractivity contribution < 1.29 is 0 Å². The first-order valence-corrected chi connectivity index (χ1v) is 19.3. The van der Waals surface area contributed by atoms with Gasteiger partial charge in [0.15, 0.2) is 5.82 Å².